The third-order valence-electron chi connectivity index (χ3n) is 2.73. The molecule has 1 rings (SSSR count). The van der Waals surface area contributed by atoms with E-state index in [1.165, 1.54) is 0 Å². The Kier molecular flexibility index (Phi) is 5.09. The summed E-state index contributed by atoms with van der Waals surface area (Å²) < 4.78 is 0. The molecule has 1 aromatic carbocycles. The first-order chi connectivity index (χ1) is 8.40. The summed E-state index contributed by atoms with van der Waals surface area (Å²) >= 11 is 0. The molecule has 0 aliphatic heterocycles. The van der Waals surface area contributed by atoms with Gasteiger partial charge in [-0.05, 0) is 37.8 Å². The van der Waals surface area contributed by atoms with Gasteiger partial charge in [0.25, 0.3) is 5.69 Å². The molecule has 0 heterocycles. The fraction of sp³-hybridized carbons (Fsp3) is 0.538. The second-order valence-electron chi connectivity index (χ2n) is 4.85. The molecule has 2 atom stereocenters. The summed E-state index contributed by atoms with van der Waals surface area (Å²) in [5, 5.41) is 23.3. The molecule has 0 aliphatic rings. The van der Waals surface area contributed by atoms with Gasteiger partial charge < -0.3 is 10.4 Å². The molecule has 2 unspecified atom stereocenters. The highest BCUT2D eigenvalue weighted by atomic mass is 16.6. The molecule has 0 aliphatic carbocycles. The zero-order valence-corrected chi connectivity index (χ0v) is 11.0. The summed E-state index contributed by atoms with van der Waals surface area (Å²) in [4.78, 5) is 10.5. The topological polar surface area (TPSA) is 75.4 Å². The van der Waals surface area contributed by atoms with Crippen molar-refractivity contribution < 1.29 is 10.0 Å². The highest BCUT2D eigenvalue weighted by molar-refractivity contribution is 5.62. The maximum atomic E-state index is 10.9. The Balaban J connectivity index is 2.70. The molecular weight excluding hydrogens is 232 g/mol. The van der Waals surface area contributed by atoms with E-state index in [0.29, 0.717) is 18.7 Å². The normalized spacial score (nSPS) is 14.0. The SMILES string of the molecule is Cc1ccc(NCC(C)CC(C)O)c([N+](=O)[O-])c1. The number of nitrogens with zero attached hydrogens (tertiary/aromatic N) is 1. The highest BCUT2D eigenvalue weighted by Crippen LogP contribution is 2.25. The number of nitro benzene ring substituents is 1. The van der Waals surface area contributed by atoms with Crippen molar-refractivity contribution in [2.75, 3.05) is 11.9 Å². The summed E-state index contributed by atoms with van der Waals surface area (Å²) in [5.41, 5.74) is 1.49. The van der Waals surface area contributed by atoms with Crippen molar-refractivity contribution in [2.45, 2.75) is 33.3 Å². The Morgan fingerprint density at radius 3 is 2.67 bits per heavy atom. The van der Waals surface area contributed by atoms with Gasteiger partial charge in [-0.25, -0.2) is 0 Å². The Bertz CT molecular complexity index is 419. The number of nitrogens with one attached hydrogen (secondary N) is 1. The van der Waals surface area contributed by atoms with Gasteiger partial charge in [0.1, 0.15) is 5.69 Å². The summed E-state index contributed by atoms with van der Waals surface area (Å²) in [6.07, 6.45) is 0.321. The molecule has 0 saturated carbocycles. The van der Waals surface area contributed by atoms with Crippen LogP contribution in [-0.2, 0) is 0 Å². The van der Waals surface area contributed by atoms with Gasteiger partial charge in [0.15, 0.2) is 0 Å². The first-order valence-corrected chi connectivity index (χ1v) is 6.07. The fourth-order valence-corrected chi connectivity index (χ4v) is 1.89. The van der Waals surface area contributed by atoms with E-state index in [2.05, 4.69) is 5.32 Å². The van der Waals surface area contributed by atoms with Crippen molar-refractivity contribution >= 4 is 11.4 Å². The lowest BCUT2D eigenvalue weighted by atomic mass is 10.0. The first-order valence-electron chi connectivity index (χ1n) is 6.07. The third-order valence-corrected chi connectivity index (χ3v) is 2.73. The van der Waals surface area contributed by atoms with Gasteiger partial charge in [-0.15, -0.1) is 0 Å². The van der Waals surface area contributed by atoms with E-state index in [0.717, 1.165) is 5.56 Å². The Hall–Kier alpha value is -1.62. The van der Waals surface area contributed by atoms with Crippen molar-refractivity contribution in [1.29, 1.82) is 0 Å². The zero-order chi connectivity index (χ0) is 13.7. The van der Waals surface area contributed by atoms with Crippen LogP contribution in [0.25, 0.3) is 0 Å². The van der Waals surface area contributed by atoms with Gasteiger partial charge in [0, 0.05) is 12.6 Å². The molecule has 1 aromatic rings. The van der Waals surface area contributed by atoms with Crippen LogP contribution in [0.4, 0.5) is 11.4 Å². The lowest BCUT2D eigenvalue weighted by Crippen LogP contribution is -2.16. The van der Waals surface area contributed by atoms with Gasteiger partial charge in [-0.1, -0.05) is 13.0 Å². The Labute approximate surface area is 107 Å². The number of hydrogen-bond acceptors (Lipinski definition) is 4. The van der Waals surface area contributed by atoms with Crippen LogP contribution in [0, 0.1) is 23.0 Å². The first kappa shape index (κ1) is 14.4. The van der Waals surface area contributed by atoms with Crippen LogP contribution in [0.3, 0.4) is 0 Å². The lowest BCUT2D eigenvalue weighted by Gasteiger charge is -2.15. The van der Waals surface area contributed by atoms with E-state index in [-0.39, 0.29) is 22.6 Å². The van der Waals surface area contributed by atoms with Gasteiger partial charge >= 0.3 is 0 Å². The number of hydrogen-bond donors (Lipinski definition) is 2. The van der Waals surface area contributed by atoms with Crippen LogP contribution < -0.4 is 5.32 Å². The molecular formula is C13H20N2O3. The molecule has 0 spiro atoms. The van der Waals surface area contributed by atoms with E-state index < -0.39 is 0 Å². The zero-order valence-electron chi connectivity index (χ0n) is 11.0. The number of aliphatic hydroxyl groups excluding tert-OH is 1. The predicted molar refractivity (Wildman–Crippen MR) is 71.8 cm³/mol. The molecule has 100 valence electrons. The van der Waals surface area contributed by atoms with Gasteiger partial charge in [-0.2, -0.15) is 0 Å². The minimum Gasteiger partial charge on any atom is -0.393 e. The highest BCUT2D eigenvalue weighted by Gasteiger charge is 2.14. The maximum Gasteiger partial charge on any atom is 0.292 e. The minimum atomic E-state index is -0.380. The average molecular weight is 252 g/mol. The standard InChI is InChI=1S/C13H20N2O3/c1-9-4-5-12(13(7-9)15(17)18)14-8-10(2)6-11(3)16/h4-5,7,10-11,14,16H,6,8H2,1-3H3. The fourth-order valence-electron chi connectivity index (χ4n) is 1.89. The largest absolute Gasteiger partial charge is 0.393 e. The number of aryl methyl sites for hydroxylation is 1. The van der Waals surface area contributed by atoms with Crippen LogP contribution in [-0.4, -0.2) is 22.7 Å². The van der Waals surface area contributed by atoms with Crippen molar-refractivity contribution in [3.05, 3.63) is 33.9 Å². The van der Waals surface area contributed by atoms with E-state index in [1.807, 2.05) is 19.9 Å². The van der Waals surface area contributed by atoms with Gasteiger partial charge in [0.05, 0.1) is 11.0 Å². The monoisotopic (exact) mass is 252 g/mol. The number of anilines is 1. The second-order valence-corrected chi connectivity index (χ2v) is 4.85. The lowest BCUT2D eigenvalue weighted by molar-refractivity contribution is -0.384. The molecule has 2 N–H and O–H groups in total. The maximum absolute atomic E-state index is 10.9. The second kappa shape index (κ2) is 6.35. The van der Waals surface area contributed by atoms with Crippen LogP contribution >= 0.6 is 0 Å². The van der Waals surface area contributed by atoms with Crippen molar-refractivity contribution in [3.63, 3.8) is 0 Å². The summed E-state index contributed by atoms with van der Waals surface area (Å²) in [6, 6.07) is 5.12. The minimum absolute atomic E-state index is 0.0965. The van der Waals surface area contributed by atoms with E-state index >= 15 is 0 Å². The van der Waals surface area contributed by atoms with Gasteiger partial charge in [-0.3, -0.25) is 10.1 Å². The van der Waals surface area contributed by atoms with Gasteiger partial charge in [0.2, 0.25) is 0 Å². The van der Waals surface area contributed by atoms with Crippen LogP contribution in [0.15, 0.2) is 18.2 Å². The Morgan fingerprint density at radius 2 is 2.11 bits per heavy atom. The summed E-state index contributed by atoms with van der Waals surface area (Å²) in [7, 11) is 0. The molecule has 0 fully saturated rings. The van der Waals surface area contributed by atoms with Crippen LogP contribution in [0.2, 0.25) is 0 Å². The third kappa shape index (κ3) is 4.33. The van der Waals surface area contributed by atoms with Crippen molar-refractivity contribution in [1.82, 2.24) is 0 Å². The molecule has 5 nitrogen and oxygen atoms in total. The number of benzene rings is 1. The molecule has 0 amide bonds. The van der Waals surface area contributed by atoms with E-state index in [4.69, 9.17) is 0 Å². The predicted octanol–water partition coefficient (Wildman–Crippen LogP) is 2.72. The molecule has 0 radical (unpaired) electrons. The van der Waals surface area contributed by atoms with Crippen LogP contribution in [0.1, 0.15) is 25.8 Å². The molecule has 0 aromatic heterocycles. The van der Waals surface area contributed by atoms with E-state index in [1.54, 1.807) is 19.1 Å². The van der Waals surface area contributed by atoms with Crippen molar-refractivity contribution in [2.24, 2.45) is 5.92 Å². The Morgan fingerprint density at radius 1 is 1.44 bits per heavy atom. The quantitative estimate of drug-likeness (QED) is 0.603. The number of rotatable bonds is 6. The summed E-state index contributed by atoms with van der Waals surface area (Å²) in [5.74, 6) is 0.255. The van der Waals surface area contributed by atoms with E-state index in [9.17, 15) is 15.2 Å². The molecule has 0 bridgehead atoms. The molecule has 0 saturated heterocycles. The van der Waals surface area contributed by atoms with Crippen molar-refractivity contribution in [3.8, 4) is 0 Å². The summed E-state index contributed by atoms with van der Waals surface area (Å²) in [6.45, 7) is 6.17. The van der Waals surface area contributed by atoms with Crippen LogP contribution in [0.5, 0.6) is 0 Å². The number of aliphatic hydroxyl groups is 1. The smallest absolute Gasteiger partial charge is 0.292 e. The molecule has 5 heteroatoms. The molecule has 18 heavy (non-hydrogen) atoms. The number of nitro groups is 1. The average Bonchev–Trinajstić information content (AvgIpc) is 2.26.